The van der Waals surface area contributed by atoms with Gasteiger partial charge in [-0.3, -0.25) is 4.99 Å². The van der Waals surface area contributed by atoms with Crippen LogP contribution in [0.25, 0.3) is 0 Å². The molecule has 1 aliphatic heterocycles. The highest BCUT2D eigenvalue weighted by Crippen LogP contribution is 2.46. The Morgan fingerprint density at radius 1 is 0.957 bits per heavy atom. The van der Waals surface area contributed by atoms with E-state index in [1.54, 1.807) is 0 Å². The molecular weight excluding hydrogens is 318 g/mol. The summed E-state index contributed by atoms with van der Waals surface area (Å²) >= 11 is 3.77. The lowest BCUT2D eigenvalue weighted by molar-refractivity contribution is 1.04. The van der Waals surface area contributed by atoms with Crippen LogP contribution in [-0.2, 0) is 0 Å². The normalized spacial score (nSPS) is 17.3. The van der Waals surface area contributed by atoms with Gasteiger partial charge in [-0.2, -0.15) is 0 Å². The zero-order valence-electron chi connectivity index (χ0n) is 12.9. The molecule has 114 valence electrons. The second-order valence-electron chi connectivity index (χ2n) is 5.72. The number of benzene rings is 2. The Morgan fingerprint density at radius 2 is 1.78 bits per heavy atom. The van der Waals surface area contributed by atoms with E-state index in [1.165, 1.54) is 26.6 Å². The van der Waals surface area contributed by atoms with Crippen LogP contribution >= 0.6 is 23.1 Å². The lowest BCUT2D eigenvalue weighted by atomic mass is 10.0. The first-order chi connectivity index (χ1) is 11.3. The number of hydrogen-bond donors (Lipinski definition) is 0. The molecule has 0 bridgehead atoms. The van der Waals surface area contributed by atoms with Gasteiger partial charge in [0.05, 0.1) is 5.69 Å². The summed E-state index contributed by atoms with van der Waals surface area (Å²) in [6, 6.07) is 21.6. The van der Waals surface area contributed by atoms with Gasteiger partial charge in [0, 0.05) is 27.2 Å². The predicted molar refractivity (Wildman–Crippen MR) is 101 cm³/mol. The van der Waals surface area contributed by atoms with Crippen LogP contribution in [0, 0.1) is 6.92 Å². The summed E-state index contributed by atoms with van der Waals surface area (Å²) in [5.74, 6) is 0. The summed E-state index contributed by atoms with van der Waals surface area (Å²) < 4.78 is 0. The maximum atomic E-state index is 5.00. The van der Waals surface area contributed by atoms with Crippen molar-refractivity contribution in [2.24, 2.45) is 4.99 Å². The minimum Gasteiger partial charge on any atom is -0.252 e. The SMILES string of the molecule is Cc1ccc(C2=Nc3ccccc3SC(c3cccs3)C2)cc1. The standard InChI is InChI=1S/C20H17NS2/c1-14-8-10-15(11-9-14)17-13-20(19-7-4-12-22-19)23-18-6-3-2-5-16(18)21-17/h2-12,20H,13H2,1H3. The molecule has 0 aliphatic carbocycles. The number of para-hydroxylation sites is 1. The molecule has 0 saturated heterocycles. The lowest BCUT2D eigenvalue weighted by Gasteiger charge is -2.14. The van der Waals surface area contributed by atoms with Crippen LogP contribution in [-0.4, -0.2) is 5.71 Å². The summed E-state index contributed by atoms with van der Waals surface area (Å²) in [7, 11) is 0. The molecule has 2 heterocycles. The van der Waals surface area contributed by atoms with Gasteiger partial charge in [-0.15, -0.1) is 23.1 Å². The molecule has 1 nitrogen and oxygen atoms in total. The molecule has 1 aromatic heterocycles. The number of hydrogen-bond acceptors (Lipinski definition) is 3. The average Bonchev–Trinajstić information content (AvgIpc) is 3.03. The number of thiophene rings is 1. The maximum absolute atomic E-state index is 5.00. The van der Waals surface area contributed by atoms with Gasteiger partial charge in [0.15, 0.2) is 0 Å². The second kappa shape index (κ2) is 6.34. The summed E-state index contributed by atoms with van der Waals surface area (Å²) in [5, 5.41) is 2.59. The molecule has 1 unspecified atom stereocenters. The first-order valence-corrected chi connectivity index (χ1v) is 9.49. The number of aryl methyl sites for hydroxylation is 1. The van der Waals surface area contributed by atoms with Crippen molar-refractivity contribution in [2.75, 3.05) is 0 Å². The van der Waals surface area contributed by atoms with E-state index in [-0.39, 0.29) is 0 Å². The quantitative estimate of drug-likeness (QED) is 0.527. The zero-order valence-corrected chi connectivity index (χ0v) is 14.5. The fraction of sp³-hybridized carbons (Fsp3) is 0.150. The van der Waals surface area contributed by atoms with Gasteiger partial charge in [0.2, 0.25) is 0 Å². The highest BCUT2D eigenvalue weighted by atomic mass is 32.2. The largest absolute Gasteiger partial charge is 0.252 e. The van der Waals surface area contributed by atoms with Gasteiger partial charge < -0.3 is 0 Å². The first-order valence-electron chi connectivity index (χ1n) is 7.73. The predicted octanol–water partition coefficient (Wildman–Crippen LogP) is 6.41. The summed E-state index contributed by atoms with van der Waals surface area (Å²) in [5.41, 5.74) is 4.79. The molecule has 0 N–H and O–H groups in total. The van der Waals surface area contributed by atoms with Crippen molar-refractivity contribution >= 4 is 34.5 Å². The molecule has 2 aromatic carbocycles. The van der Waals surface area contributed by atoms with Crippen molar-refractivity contribution in [2.45, 2.75) is 23.5 Å². The highest BCUT2D eigenvalue weighted by Gasteiger charge is 2.22. The number of thioether (sulfide) groups is 1. The van der Waals surface area contributed by atoms with Crippen LogP contribution in [0.2, 0.25) is 0 Å². The number of aliphatic imine (C=N–C) groups is 1. The second-order valence-corrected chi connectivity index (χ2v) is 7.94. The van der Waals surface area contributed by atoms with Gasteiger partial charge in [-0.1, -0.05) is 48.0 Å². The molecule has 0 radical (unpaired) electrons. The van der Waals surface area contributed by atoms with Crippen molar-refractivity contribution in [1.82, 2.24) is 0 Å². The van der Waals surface area contributed by atoms with Gasteiger partial charge in [-0.05, 0) is 36.1 Å². The van der Waals surface area contributed by atoms with Crippen molar-refractivity contribution in [1.29, 1.82) is 0 Å². The number of rotatable bonds is 2. The van der Waals surface area contributed by atoms with E-state index in [4.69, 9.17) is 4.99 Å². The maximum Gasteiger partial charge on any atom is 0.0769 e. The minimum atomic E-state index is 0.429. The third-order valence-electron chi connectivity index (χ3n) is 4.01. The topological polar surface area (TPSA) is 12.4 Å². The summed E-state index contributed by atoms with van der Waals surface area (Å²) in [6.07, 6.45) is 0.961. The third-order valence-corrected chi connectivity index (χ3v) is 6.45. The molecule has 1 aliphatic rings. The number of fused-ring (bicyclic) bond motifs is 1. The zero-order chi connectivity index (χ0) is 15.6. The van der Waals surface area contributed by atoms with E-state index in [2.05, 4.69) is 73.0 Å². The Labute approximate surface area is 145 Å². The van der Waals surface area contributed by atoms with E-state index >= 15 is 0 Å². The van der Waals surface area contributed by atoms with E-state index < -0.39 is 0 Å². The highest BCUT2D eigenvalue weighted by molar-refractivity contribution is 7.99. The summed E-state index contributed by atoms with van der Waals surface area (Å²) in [4.78, 5) is 7.69. The number of nitrogens with zero attached hydrogens (tertiary/aromatic N) is 1. The van der Waals surface area contributed by atoms with Gasteiger partial charge >= 0.3 is 0 Å². The van der Waals surface area contributed by atoms with Crippen LogP contribution < -0.4 is 0 Å². The Bertz CT molecular complexity index is 832. The van der Waals surface area contributed by atoms with Crippen LogP contribution in [0.4, 0.5) is 5.69 Å². The van der Waals surface area contributed by atoms with Crippen LogP contribution in [0.15, 0.2) is 75.9 Å². The molecular formula is C20H17NS2. The summed E-state index contributed by atoms with van der Waals surface area (Å²) in [6.45, 7) is 2.12. The van der Waals surface area contributed by atoms with Gasteiger partial charge in [-0.25, -0.2) is 0 Å². The molecule has 1 atom stereocenters. The van der Waals surface area contributed by atoms with E-state index in [9.17, 15) is 0 Å². The smallest absolute Gasteiger partial charge is 0.0769 e. The van der Waals surface area contributed by atoms with Crippen LogP contribution in [0.3, 0.4) is 0 Å². The van der Waals surface area contributed by atoms with Crippen molar-refractivity contribution in [3.05, 3.63) is 82.0 Å². The van der Waals surface area contributed by atoms with E-state index in [0.29, 0.717) is 5.25 Å². The molecule has 0 saturated carbocycles. The van der Waals surface area contributed by atoms with Crippen molar-refractivity contribution < 1.29 is 0 Å². The third kappa shape index (κ3) is 3.12. The Morgan fingerprint density at radius 3 is 2.57 bits per heavy atom. The van der Waals surface area contributed by atoms with Crippen molar-refractivity contribution in [3.8, 4) is 0 Å². The molecule has 0 fully saturated rings. The fourth-order valence-electron chi connectivity index (χ4n) is 2.77. The minimum absolute atomic E-state index is 0.429. The fourth-order valence-corrected chi connectivity index (χ4v) is 4.92. The van der Waals surface area contributed by atoms with Gasteiger partial charge in [0.25, 0.3) is 0 Å². The first kappa shape index (κ1) is 14.7. The Balaban J connectivity index is 1.80. The van der Waals surface area contributed by atoms with Crippen LogP contribution in [0.1, 0.15) is 27.7 Å². The Hall–Kier alpha value is -1.84. The lowest BCUT2D eigenvalue weighted by Crippen LogP contribution is -2.04. The molecule has 3 aromatic rings. The van der Waals surface area contributed by atoms with E-state index in [1.807, 2.05) is 23.1 Å². The van der Waals surface area contributed by atoms with Gasteiger partial charge in [0.1, 0.15) is 0 Å². The molecule has 0 spiro atoms. The van der Waals surface area contributed by atoms with Crippen LogP contribution in [0.5, 0.6) is 0 Å². The molecule has 0 amide bonds. The molecule has 23 heavy (non-hydrogen) atoms. The Kier molecular flexibility index (Phi) is 4.06. The average molecular weight is 335 g/mol. The van der Waals surface area contributed by atoms with E-state index in [0.717, 1.165) is 12.1 Å². The molecule has 3 heteroatoms. The van der Waals surface area contributed by atoms with Crippen molar-refractivity contribution in [3.63, 3.8) is 0 Å². The monoisotopic (exact) mass is 335 g/mol. The molecule has 4 rings (SSSR count).